The maximum atomic E-state index is 10.3. The first kappa shape index (κ1) is 21.0. The zero-order valence-corrected chi connectivity index (χ0v) is 18.8. The van der Waals surface area contributed by atoms with Gasteiger partial charge in [0.15, 0.2) is 17.3 Å². The maximum Gasteiger partial charge on any atom is 0.212 e. The number of aromatic nitrogens is 3. The Morgan fingerprint density at radius 1 is 1.29 bits per heavy atom. The van der Waals surface area contributed by atoms with Crippen molar-refractivity contribution in [1.29, 1.82) is 0 Å². The van der Waals surface area contributed by atoms with Gasteiger partial charge in [0, 0.05) is 25.8 Å². The fourth-order valence-corrected chi connectivity index (χ4v) is 4.26. The summed E-state index contributed by atoms with van der Waals surface area (Å²) in [4.78, 5) is 0. The van der Waals surface area contributed by atoms with Crippen LogP contribution in [-0.4, -0.2) is 33.3 Å². The van der Waals surface area contributed by atoms with Crippen LogP contribution < -0.4 is 4.74 Å². The van der Waals surface area contributed by atoms with E-state index in [9.17, 15) is 5.11 Å². The number of aromatic hydroxyl groups is 1. The molecule has 0 atom stereocenters. The van der Waals surface area contributed by atoms with Crippen LogP contribution in [0, 0.1) is 6.92 Å². The van der Waals surface area contributed by atoms with Crippen LogP contribution >= 0.6 is 50.9 Å². The molecule has 0 aliphatic rings. The first-order valence-electron chi connectivity index (χ1n) is 7.98. The molecule has 1 heterocycles. The second kappa shape index (κ2) is 9.17. The van der Waals surface area contributed by atoms with Crippen molar-refractivity contribution >= 4 is 57.1 Å². The number of rotatable bonds is 6. The third-order valence-electron chi connectivity index (χ3n) is 3.74. The lowest BCUT2D eigenvalue weighted by Crippen LogP contribution is -1.97. The molecule has 10 heteroatoms. The van der Waals surface area contributed by atoms with E-state index in [2.05, 4.69) is 31.2 Å². The number of benzene rings is 2. The Labute approximate surface area is 184 Å². The monoisotopic (exact) mass is 500 g/mol. The van der Waals surface area contributed by atoms with Crippen LogP contribution in [0.25, 0.3) is 0 Å². The van der Waals surface area contributed by atoms with Crippen LogP contribution in [0.3, 0.4) is 0 Å². The molecule has 0 aliphatic heterocycles. The molecule has 0 amide bonds. The highest BCUT2D eigenvalue weighted by atomic mass is 79.9. The molecule has 0 spiro atoms. The number of halogens is 3. The van der Waals surface area contributed by atoms with Gasteiger partial charge in [-0.05, 0) is 36.8 Å². The maximum absolute atomic E-state index is 10.3. The lowest BCUT2D eigenvalue weighted by molar-refractivity contribution is 0.373. The topological polar surface area (TPSA) is 72.5 Å². The van der Waals surface area contributed by atoms with Crippen LogP contribution in [0.4, 0.5) is 0 Å². The molecule has 0 saturated carbocycles. The van der Waals surface area contributed by atoms with E-state index in [-0.39, 0.29) is 5.75 Å². The summed E-state index contributed by atoms with van der Waals surface area (Å²) in [5.74, 6) is 1.55. The van der Waals surface area contributed by atoms with Gasteiger partial charge in [-0.25, -0.2) is 0 Å². The highest BCUT2D eigenvalue weighted by molar-refractivity contribution is 9.10. The van der Waals surface area contributed by atoms with Crippen molar-refractivity contribution in [1.82, 2.24) is 14.9 Å². The first-order chi connectivity index (χ1) is 13.4. The van der Waals surface area contributed by atoms with Gasteiger partial charge in [0.2, 0.25) is 5.16 Å². The number of methoxy groups -OCH3 is 1. The minimum absolute atomic E-state index is 0.00215. The lowest BCUT2D eigenvalue weighted by atomic mass is 10.2. The molecule has 0 unspecified atom stereocenters. The number of nitrogens with zero attached hydrogens (tertiary/aromatic N) is 4. The molecule has 0 saturated heterocycles. The van der Waals surface area contributed by atoms with Gasteiger partial charge in [0.25, 0.3) is 0 Å². The van der Waals surface area contributed by atoms with Crippen molar-refractivity contribution in [2.45, 2.75) is 17.8 Å². The second-order valence-electron chi connectivity index (χ2n) is 5.66. The summed E-state index contributed by atoms with van der Waals surface area (Å²) < 4.78 is 7.52. The second-order valence-corrected chi connectivity index (χ2v) is 8.36. The Bertz CT molecular complexity index is 1040. The fraction of sp³-hybridized carbons (Fsp3) is 0.167. The van der Waals surface area contributed by atoms with Crippen molar-refractivity contribution in [2.24, 2.45) is 5.10 Å². The highest BCUT2D eigenvalue weighted by Crippen LogP contribution is 2.33. The summed E-state index contributed by atoms with van der Waals surface area (Å²) in [6.07, 6.45) is 1.53. The molecule has 3 rings (SSSR count). The van der Waals surface area contributed by atoms with E-state index in [1.54, 1.807) is 35.9 Å². The van der Waals surface area contributed by atoms with E-state index in [0.717, 1.165) is 10.0 Å². The van der Waals surface area contributed by atoms with Gasteiger partial charge >= 0.3 is 0 Å². The summed E-state index contributed by atoms with van der Waals surface area (Å²) in [5, 5.41) is 24.7. The summed E-state index contributed by atoms with van der Waals surface area (Å²) in [5.41, 5.74) is 1.43. The van der Waals surface area contributed by atoms with Crippen molar-refractivity contribution in [2.75, 3.05) is 7.11 Å². The van der Waals surface area contributed by atoms with E-state index < -0.39 is 0 Å². The molecule has 2 aromatic carbocycles. The van der Waals surface area contributed by atoms with Crippen LogP contribution in [0.15, 0.2) is 45.1 Å². The van der Waals surface area contributed by atoms with Crippen LogP contribution in [-0.2, 0) is 5.75 Å². The molecule has 0 radical (unpaired) electrons. The summed E-state index contributed by atoms with van der Waals surface area (Å²) >= 11 is 17.0. The van der Waals surface area contributed by atoms with E-state index in [4.69, 9.17) is 27.9 Å². The smallest absolute Gasteiger partial charge is 0.212 e. The molecule has 1 N–H and O–H groups in total. The van der Waals surface area contributed by atoms with Crippen molar-refractivity contribution in [3.8, 4) is 11.5 Å². The minimum atomic E-state index is 0.00215. The lowest BCUT2D eigenvalue weighted by Gasteiger charge is -2.07. The Morgan fingerprint density at radius 3 is 2.79 bits per heavy atom. The average molecular weight is 502 g/mol. The highest BCUT2D eigenvalue weighted by Gasteiger charge is 2.12. The van der Waals surface area contributed by atoms with Gasteiger partial charge in [-0.1, -0.05) is 57.0 Å². The van der Waals surface area contributed by atoms with Gasteiger partial charge in [0.1, 0.15) is 0 Å². The molecular weight excluding hydrogens is 487 g/mol. The summed E-state index contributed by atoms with van der Waals surface area (Å²) in [7, 11) is 1.49. The third kappa shape index (κ3) is 4.81. The van der Waals surface area contributed by atoms with Gasteiger partial charge in [-0.3, -0.25) is 0 Å². The Hall–Kier alpha value is -1.74. The molecule has 3 aromatic rings. The normalized spacial score (nSPS) is 11.3. The summed E-state index contributed by atoms with van der Waals surface area (Å²) in [6, 6.07) is 8.78. The zero-order valence-electron chi connectivity index (χ0n) is 14.9. The average Bonchev–Trinajstić information content (AvgIpc) is 3.01. The van der Waals surface area contributed by atoms with E-state index >= 15 is 0 Å². The molecule has 0 fully saturated rings. The first-order valence-corrected chi connectivity index (χ1v) is 10.5. The number of hydrogen-bond donors (Lipinski definition) is 1. The Kier molecular flexibility index (Phi) is 6.87. The molecule has 28 heavy (non-hydrogen) atoms. The number of hydrogen-bond acceptors (Lipinski definition) is 6. The number of aryl methyl sites for hydroxylation is 1. The summed E-state index contributed by atoms with van der Waals surface area (Å²) in [6.45, 7) is 1.80. The van der Waals surface area contributed by atoms with Crippen LogP contribution in [0.1, 0.15) is 17.0 Å². The minimum Gasteiger partial charge on any atom is -0.504 e. The van der Waals surface area contributed by atoms with Crippen molar-refractivity contribution < 1.29 is 9.84 Å². The van der Waals surface area contributed by atoms with Crippen molar-refractivity contribution in [3.63, 3.8) is 0 Å². The van der Waals surface area contributed by atoms with Gasteiger partial charge < -0.3 is 9.84 Å². The third-order valence-corrected chi connectivity index (χ3v) is 5.75. The van der Waals surface area contributed by atoms with Crippen molar-refractivity contribution in [3.05, 3.63) is 61.8 Å². The molecule has 0 bridgehead atoms. The zero-order chi connectivity index (χ0) is 20.3. The number of thioether (sulfide) groups is 1. The Morgan fingerprint density at radius 2 is 2.07 bits per heavy atom. The predicted octanol–water partition coefficient (Wildman–Crippen LogP) is 5.54. The van der Waals surface area contributed by atoms with Gasteiger partial charge in [-0.15, -0.1) is 10.2 Å². The molecule has 0 aliphatic carbocycles. The quantitative estimate of drug-likeness (QED) is 0.354. The van der Waals surface area contributed by atoms with E-state index in [0.29, 0.717) is 38.1 Å². The fourth-order valence-electron chi connectivity index (χ4n) is 2.31. The predicted molar refractivity (Wildman–Crippen MR) is 116 cm³/mol. The van der Waals surface area contributed by atoms with Gasteiger partial charge in [0.05, 0.1) is 13.3 Å². The van der Waals surface area contributed by atoms with Crippen LogP contribution in [0.5, 0.6) is 11.5 Å². The number of ether oxygens (including phenoxy) is 1. The van der Waals surface area contributed by atoms with Crippen LogP contribution in [0.2, 0.25) is 10.0 Å². The number of phenolic OH excluding ortho intramolecular Hbond substituents is 1. The SMILES string of the molecule is COc1cc(Br)cc(/C=N/n2c(C)nnc2SCc2ccc(Cl)cc2Cl)c1O. The molecule has 1 aromatic heterocycles. The van der Waals surface area contributed by atoms with E-state index in [1.165, 1.54) is 25.1 Å². The molecule has 6 nitrogen and oxygen atoms in total. The standard InChI is InChI=1S/C18H15BrCl2N4O2S/c1-10-23-24-18(28-9-11-3-4-14(20)7-15(11)21)25(10)22-8-12-5-13(19)6-16(27-2)17(12)26/h3-8,26H,9H2,1-2H3/b22-8+. The Balaban J connectivity index is 1.83. The molecule has 146 valence electrons. The van der Waals surface area contributed by atoms with Gasteiger partial charge in [-0.2, -0.15) is 9.78 Å². The largest absolute Gasteiger partial charge is 0.504 e. The molecular formula is C18H15BrCl2N4O2S. The van der Waals surface area contributed by atoms with E-state index in [1.807, 2.05) is 6.07 Å². The number of phenols is 1.